The fraction of sp³-hybridized carbons (Fsp3) is 0.571. The molecule has 1 aromatic carbocycles. The zero-order valence-corrected chi connectivity index (χ0v) is 13.2. The molecule has 0 aliphatic rings. The molecular weight excluding hydrogens is 314 g/mol. The highest BCUT2D eigenvalue weighted by atomic mass is 79.9. The van der Waals surface area contributed by atoms with E-state index in [9.17, 15) is 0 Å². The normalized spacial score (nSPS) is 10.6. The summed E-state index contributed by atoms with van der Waals surface area (Å²) in [5.74, 6) is 1.72. The summed E-state index contributed by atoms with van der Waals surface area (Å²) >= 11 is 9.12. The molecule has 0 saturated carbocycles. The number of hydrogen-bond donors (Lipinski definition) is 1. The van der Waals surface area contributed by atoms with E-state index in [1.807, 2.05) is 12.1 Å². The summed E-state index contributed by atoms with van der Waals surface area (Å²) in [6.45, 7) is 1.88. The lowest BCUT2D eigenvalue weighted by atomic mass is 10.2. The van der Waals surface area contributed by atoms with Gasteiger partial charge in [-0.1, -0.05) is 28.8 Å². The number of nitrogens with one attached hydrogen (secondary N) is 1. The van der Waals surface area contributed by atoms with Crippen molar-refractivity contribution in [1.82, 2.24) is 5.32 Å². The molecule has 0 radical (unpaired) electrons. The third kappa shape index (κ3) is 6.07. The minimum Gasteiger partial charge on any atom is -0.496 e. The number of benzene rings is 1. The van der Waals surface area contributed by atoms with E-state index in [0.29, 0.717) is 0 Å². The molecule has 0 unspecified atom stereocenters. The van der Waals surface area contributed by atoms with Gasteiger partial charge in [-0.3, -0.25) is 0 Å². The minimum absolute atomic E-state index is 0.780. The van der Waals surface area contributed by atoms with Gasteiger partial charge >= 0.3 is 0 Å². The molecule has 0 heterocycles. The van der Waals surface area contributed by atoms with Gasteiger partial charge in [0, 0.05) is 22.5 Å². The number of halogens is 2. The van der Waals surface area contributed by atoms with E-state index in [4.69, 9.17) is 16.3 Å². The molecule has 1 aromatic rings. The first kappa shape index (κ1) is 15.8. The van der Waals surface area contributed by atoms with Crippen LogP contribution in [0.1, 0.15) is 31.2 Å². The lowest BCUT2D eigenvalue weighted by molar-refractivity contribution is 0.407. The molecular formula is C14H21BrClNO. The lowest BCUT2D eigenvalue weighted by Gasteiger charge is -2.10. The predicted molar refractivity (Wildman–Crippen MR) is 81.6 cm³/mol. The van der Waals surface area contributed by atoms with Crippen LogP contribution in [0.4, 0.5) is 0 Å². The van der Waals surface area contributed by atoms with Gasteiger partial charge in [0.2, 0.25) is 0 Å². The Balaban J connectivity index is 2.24. The summed E-state index contributed by atoms with van der Waals surface area (Å²) in [4.78, 5) is 0. The van der Waals surface area contributed by atoms with Crippen molar-refractivity contribution in [1.29, 1.82) is 0 Å². The van der Waals surface area contributed by atoms with Gasteiger partial charge in [0.05, 0.1) is 7.11 Å². The summed E-state index contributed by atoms with van der Waals surface area (Å²) in [6.07, 6.45) is 4.80. The molecule has 0 saturated heterocycles. The Morgan fingerprint density at radius 3 is 2.72 bits per heavy atom. The predicted octanol–water partition coefficient (Wildman–Crippen LogP) is 4.35. The van der Waals surface area contributed by atoms with Gasteiger partial charge in [0.1, 0.15) is 5.75 Å². The van der Waals surface area contributed by atoms with Crippen LogP contribution in [0, 0.1) is 0 Å². The first-order valence-corrected chi connectivity index (χ1v) is 7.69. The Bertz CT molecular complexity index is 347. The van der Waals surface area contributed by atoms with Crippen molar-refractivity contribution in [3.05, 3.63) is 28.2 Å². The van der Waals surface area contributed by atoms with Crippen molar-refractivity contribution in [3.63, 3.8) is 0 Å². The van der Waals surface area contributed by atoms with E-state index in [2.05, 4.69) is 27.3 Å². The molecule has 4 heteroatoms. The van der Waals surface area contributed by atoms with Crippen LogP contribution in [0.15, 0.2) is 22.7 Å². The van der Waals surface area contributed by atoms with Gasteiger partial charge in [-0.15, -0.1) is 11.6 Å². The van der Waals surface area contributed by atoms with Gasteiger partial charge in [-0.05, 0) is 37.6 Å². The molecule has 0 fully saturated rings. The monoisotopic (exact) mass is 333 g/mol. The number of alkyl halides is 1. The maximum absolute atomic E-state index is 5.64. The second kappa shape index (κ2) is 9.65. The zero-order chi connectivity index (χ0) is 13.2. The number of rotatable bonds is 9. The average Bonchev–Trinajstić information content (AvgIpc) is 2.38. The van der Waals surface area contributed by atoms with Crippen LogP contribution in [-0.4, -0.2) is 19.5 Å². The molecule has 0 bridgehead atoms. The summed E-state index contributed by atoms with van der Waals surface area (Å²) in [7, 11) is 1.71. The molecule has 0 aliphatic carbocycles. The highest BCUT2D eigenvalue weighted by Crippen LogP contribution is 2.22. The number of unbranched alkanes of at least 4 members (excludes halogenated alkanes) is 3. The Labute approximate surface area is 123 Å². The molecule has 0 atom stereocenters. The van der Waals surface area contributed by atoms with Crippen LogP contribution < -0.4 is 10.1 Å². The third-order valence-corrected chi connectivity index (χ3v) is 3.56. The number of ether oxygens (including phenoxy) is 1. The van der Waals surface area contributed by atoms with Crippen LogP contribution in [0.2, 0.25) is 0 Å². The molecule has 1 rings (SSSR count). The number of hydrogen-bond acceptors (Lipinski definition) is 2. The fourth-order valence-corrected chi connectivity index (χ4v) is 2.40. The Morgan fingerprint density at radius 1 is 1.22 bits per heavy atom. The van der Waals surface area contributed by atoms with Crippen LogP contribution >= 0.6 is 27.5 Å². The average molecular weight is 335 g/mol. The van der Waals surface area contributed by atoms with E-state index in [-0.39, 0.29) is 0 Å². The number of methoxy groups -OCH3 is 1. The van der Waals surface area contributed by atoms with Crippen molar-refractivity contribution in [3.8, 4) is 5.75 Å². The largest absolute Gasteiger partial charge is 0.496 e. The Morgan fingerprint density at radius 2 is 2.00 bits per heavy atom. The van der Waals surface area contributed by atoms with Crippen molar-refractivity contribution >= 4 is 27.5 Å². The Kier molecular flexibility index (Phi) is 8.47. The topological polar surface area (TPSA) is 21.3 Å². The van der Waals surface area contributed by atoms with E-state index in [0.717, 1.165) is 35.6 Å². The molecule has 18 heavy (non-hydrogen) atoms. The van der Waals surface area contributed by atoms with E-state index < -0.39 is 0 Å². The first-order valence-electron chi connectivity index (χ1n) is 6.37. The van der Waals surface area contributed by atoms with Crippen LogP contribution in [0.5, 0.6) is 5.75 Å². The second-order valence-electron chi connectivity index (χ2n) is 4.24. The lowest BCUT2D eigenvalue weighted by Crippen LogP contribution is -2.15. The molecule has 2 nitrogen and oxygen atoms in total. The highest BCUT2D eigenvalue weighted by molar-refractivity contribution is 9.10. The third-order valence-electron chi connectivity index (χ3n) is 2.80. The fourth-order valence-electron chi connectivity index (χ4n) is 1.81. The van der Waals surface area contributed by atoms with Crippen LogP contribution in [0.25, 0.3) is 0 Å². The van der Waals surface area contributed by atoms with E-state index in [1.165, 1.54) is 24.8 Å². The zero-order valence-electron chi connectivity index (χ0n) is 10.8. The van der Waals surface area contributed by atoms with E-state index in [1.54, 1.807) is 7.11 Å². The van der Waals surface area contributed by atoms with E-state index >= 15 is 0 Å². The first-order chi connectivity index (χ1) is 8.77. The van der Waals surface area contributed by atoms with Crippen LogP contribution in [-0.2, 0) is 6.54 Å². The SMILES string of the molecule is COc1ccc(Br)cc1CNCCCCCCCl. The quantitative estimate of drug-likeness (QED) is 0.535. The van der Waals surface area contributed by atoms with Gasteiger partial charge in [-0.25, -0.2) is 0 Å². The van der Waals surface area contributed by atoms with Gasteiger partial charge in [-0.2, -0.15) is 0 Å². The summed E-state index contributed by atoms with van der Waals surface area (Å²) in [5.41, 5.74) is 1.19. The van der Waals surface area contributed by atoms with Crippen molar-refractivity contribution in [2.45, 2.75) is 32.2 Å². The molecule has 0 spiro atoms. The smallest absolute Gasteiger partial charge is 0.123 e. The maximum Gasteiger partial charge on any atom is 0.123 e. The molecule has 1 N–H and O–H groups in total. The van der Waals surface area contributed by atoms with Gasteiger partial charge in [0.25, 0.3) is 0 Å². The Hall–Kier alpha value is -0.250. The summed E-state index contributed by atoms with van der Waals surface area (Å²) < 4.78 is 6.42. The minimum atomic E-state index is 0.780. The highest BCUT2D eigenvalue weighted by Gasteiger charge is 2.02. The van der Waals surface area contributed by atoms with Crippen molar-refractivity contribution < 1.29 is 4.74 Å². The van der Waals surface area contributed by atoms with Gasteiger partial charge in [0.15, 0.2) is 0 Å². The van der Waals surface area contributed by atoms with Crippen molar-refractivity contribution in [2.24, 2.45) is 0 Å². The summed E-state index contributed by atoms with van der Waals surface area (Å²) in [5, 5.41) is 3.45. The molecule has 0 amide bonds. The molecule has 0 aliphatic heterocycles. The maximum atomic E-state index is 5.64. The summed E-state index contributed by atoms with van der Waals surface area (Å²) in [6, 6.07) is 6.08. The van der Waals surface area contributed by atoms with Crippen molar-refractivity contribution in [2.75, 3.05) is 19.5 Å². The van der Waals surface area contributed by atoms with Crippen LogP contribution in [0.3, 0.4) is 0 Å². The standard InChI is InChI=1S/C14H21BrClNO/c1-18-14-7-6-13(15)10-12(14)11-17-9-5-3-2-4-8-16/h6-7,10,17H,2-5,8-9,11H2,1H3. The molecule has 0 aromatic heterocycles. The van der Waals surface area contributed by atoms with Gasteiger partial charge < -0.3 is 10.1 Å². The second-order valence-corrected chi connectivity index (χ2v) is 5.53. The molecule has 102 valence electrons.